The number of benzene rings is 1. The van der Waals surface area contributed by atoms with Crippen LogP contribution in [0.4, 0.5) is 13.2 Å². The molecule has 1 saturated heterocycles. The first-order chi connectivity index (χ1) is 11.3. The van der Waals surface area contributed by atoms with Gasteiger partial charge in [0.15, 0.2) is 0 Å². The van der Waals surface area contributed by atoms with E-state index in [1.165, 1.54) is 24.3 Å². The van der Waals surface area contributed by atoms with Crippen molar-refractivity contribution < 1.29 is 27.4 Å². The van der Waals surface area contributed by atoms with E-state index in [4.69, 9.17) is 10.5 Å². The van der Waals surface area contributed by atoms with Crippen molar-refractivity contribution in [2.75, 3.05) is 13.2 Å². The molecule has 1 aliphatic rings. The van der Waals surface area contributed by atoms with Crippen molar-refractivity contribution in [1.29, 1.82) is 0 Å². The highest BCUT2D eigenvalue weighted by atomic mass is 19.4. The zero-order valence-corrected chi connectivity index (χ0v) is 13.3. The summed E-state index contributed by atoms with van der Waals surface area (Å²) in [5, 5.41) is 2.79. The third kappa shape index (κ3) is 5.38. The Morgan fingerprint density at radius 1 is 1.29 bits per heavy atom. The molecule has 3 N–H and O–H groups in total. The monoisotopic (exact) mass is 346 g/mol. The van der Waals surface area contributed by atoms with Crippen molar-refractivity contribution in [1.82, 2.24) is 5.32 Å². The summed E-state index contributed by atoms with van der Waals surface area (Å²) < 4.78 is 45.5. The van der Waals surface area contributed by atoms with E-state index in [1.54, 1.807) is 6.92 Å². The van der Waals surface area contributed by atoms with E-state index in [2.05, 4.69) is 10.1 Å². The molecule has 2 unspecified atom stereocenters. The number of carbonyl (C=O) groups excluding carboxylic acids is 1. The highest BCUT2D eigenvalue weighted by Gasteiger charge is 2.31. The average molecular weight is 346 g/mol. The van der Waals surface area contributed by atoms with Gasteiger partial charge in [0.05, 0.1) is 12.1 Å². The van der Waals surface area contributed by atoms with Crippen LogP contribution >= 0.6 is 0 Å². The summed E-state index contributed by atoms with van der Waals surface area (Å²) in [5.41, 5.74) is 6.66. The number of hydrogen-bond acceptors (Lipinski definition) is 4. The molecule has 1 fully saturated rings. The van der Waals surface area contributed by atoms with Crippen LogP contribution in [0.5, 0.6) is 5.75 Å². The molecule has 1 heterocycles. The summed E-state index contributed by atoms with van der Waals surface area (Å²) >= 11 is 0. The van der Waals surface area contributed by atoms with Crippen molar-refractivity contribution in [2.24, 2.45) is 11.7 Å². The fraction of sp³-hybridized carbons (Fsp3) is 0.562. The van der Waals surface area contributed by atoms with Crippen LogP contribution < -0.4 is 15.8 Å². The van der Waals surface area contributed by atoms with Gasteiger partial charge in [-0.25, -0.2) is 0 Å². The van der Waals surface area contributed by atoms with E-state index in [-0.39, 0.29) is 23.6 Å². The molecule has 0 saturated carbocycles. The molecular weight excluding hydrogens is 325 g/mol. The number of carbonyl (C=O) groups is 1. The topological polar surface area (TPSA) is 73.6 Å². The van der Waals surface area contributed by atoms with Gasteiger partial charge in [-0.3, -0.25) is 4.79 Å². The summed E-state index contributed by atoms with van der Waals surface area (Å²) in [6.45, 7) is 2.94. The molecule has 1 aromatic rings. The van der Waals surface area contributed by atoms with Crippen molar-refractivity contribution in [3.8, 4) is 5.75 Å². The Hall–Kier alpha value is -1.80. The molecule has 1 aliphatic heterocycles. The summed E-state index contributed by atoms with van der Waals surface area (Å²) in [5.74, 6) is -0.498. The molecule has 1 amide bonds. The normalized spacial score (nSPS) is 18.7. The minimum atomic E-state index is -4.72. The van der Waals surface area contributed by atoms with Crippen molar-refractivity contribution in [2.45, 2.75) is 38.2 Å². The van der Waals surface area contributed by atoms with Gasteiger partial charge in [0.25, 0.3) is 0 Å². The Bertz CT molecular complexity index is 542. The second-order valence-electron chi connectivity index (χ2n) is 5.82. The second kappa shape index (κ2) is 7.85. The van der Waals surface area contributed by atoms with Crippen LogP contribution in [0.2, 0.25) is 0 Å². The third-order valence-corrected chi connectivity index (χ3v) is 4.05. The van der Waals surface area contributed by atoms with Gasteiger partial charge >= 0.3 is 6.36 Å². The zero-order valence-electron chi connectivity index (χ0n) is 13.3. The first-order valence-electron chi connectivity index (χ1n) is 7.75. The summed E-state index contributed by atoms with van der Waals surface area (Å²) in [7, 11) is 0. The molecule has 0 aromatic heterocycles. The number of nitrogens with one attached hydrogen (secondary N) is 1. The molecule has 134 valence electrons. The van der Waals surface area contributed by atoms with Crippen LogP contribution in [0.1, 0.15) is 31.4 Å². The van der Waals surface area contributed by atoms with Gasteiger partial charge in [-0.05, 0) is 43.4 Å². The van der Waals surface area contributed by atoms with Gasteiger partial charge in [0, 0.05) is 13.2 Å². The van der Waals surface area contributed by atoms with Gasteiger partial charge in [0.2, 0.25) is 5.91 Å². The predicted molar refractivity (Wildman–Crippen MR) is 81.2 cm³/mol. The van der Waals surface area contributed by atoms with E-state index in [0.717, 1.165) is 12.8 Å². The summed E-state index contributed by atoms with van der Waals surface area (Å²) in [6, 6.07) is 4.39. The molecule has 0 spiro atoms. The number of halogens is 3. The van der Waals surface area contributed by atoms with Gasteiger partial charge < -0.3 is 20.5 Å². The van der Waals surface area contributed by atoms with E-state index >= 15 is 0 Å². The lowest BCUT2D eigenvalue weighted by molar-refractivity contribution is -0.274. The fourth-order valence-electron chi connectivity index (χ4n) is 2.64. The first kappa shape index (κ1) is 18.5. The predicted octanol–water partition coefficient (Wildman–Crippen LogP) is 2.52. The molecule has 24 heavy (non-hydrogen) atoms. The molecule has 0 aliphatic carbocycles. The Morgan fingerprint density at radius 3 is 2.42 bits per heavy atom. The number of ether oxygens (including phenoxy) is 2. The number of hydrogen-bond donors (Lipinski definition) is 2. The minimum Gasteiger partial charge on any atom is -0.406 e. The van der Waals surface area contributed by atoms with E-state index in [0.29, 0.717) is 18.8 Å². The maximum Gasteiger partial charge on any atom is 0.573 e. The maximum atomic E-state index is 12.2. The van der Waals surface area contributed by atoms with Crippen molar-refractivity contribution in [3.63, 3.8) is 0 Å². The van der Waals surface area contributed by atoms with Crippen LogP contribution in [0.15, 0.2) is 24.3 Å². The van der Waals surface area contributed by atoms with Gasteiger partial charge in [-0.1, -0.05) is 12.1 Å². The molecule has 1 aromatic carbocycles. The smallest absolute Gasteiger partial charge is 0.406 e. The zero-order chi connectivity index (χ0) is 17.7. The van der Waals surface area contributed by atoms with E-state index in [9.17, 15) is 18.0 Å². The van der Waals surface area contributed by atoms with Crippen LogP contribution in [-0.4, -0.2) is 31.5 Å². The molecule has 2 rings (SSSR count). The van der Waals surface area contributed by atoms with Crippen LogP contribution in [0.25, 0.3) is 0 Å². The minimum absolute atomic E-state index is 0.0773. The number of amides is 1. The number of alkyl halides is 3. The largest absolute Gasteiger partial charge is 0.573 e. The van der Waals surface area contributed by atoms with Crippen LogP contribution in [0, 0.1) is 5.92 Å². The first-order valence-corrected chi connectivity index (χ1v) is 7.75. The summed E-state index contributed by atoms with van der Waals surface area (Å²) in [6.07, 6.45) is -3.24. The highest BCUT2D eigenvalue weighted by molar-refractivity contribution is 5.82. The Labute approximate surface area is 138 Å². The van der Waals surface area contributed by atoms with Gasteiger partial charge in [-0.15, -0.1) is 13.2 Å². The molecule has 5 nitrogen and oxygen atoms in total. The Balaban J connectivity index is 1.91. The Morgan fingerprint density at radius 2 is 1.88 bits per heavy atom. The van der Waals surface area contributed by atoms with Crippen molar-refractivity contribution >= 4 is 5.91 Å². The number of rotatable bonds is 5. The lowest BCUT2D eigenvalue weighted by Crippen LogP contribution is -2.47. The molecule has 8 heteroatoms. The van der Waals surface area contributed by atoms with E-state index < -0.39 is 12.4 Å². The molecular formula is C16H21F3N2O3. The molecule has 0 radical (unpaired) electrons. The Kier molecular flexibility index (Phi) is 6.06. The second-order valence-corrected chi connectivity index (χ2v) is 5.82. The lowest BCUT2D eigenvalue weighted by Gasteiger charge is -2.28. The molecule has 0 bridgehead atoms. The van der Waals surface area contributed by atoms with Crippen LogP contribution in [0.3, 0.4) is 0 Å². The van der Waals surface area contributed by atoms with Gasteiger partial charge in [-0.2, -0.15) is 0 Å². The van der Waals surface area contributed by atoms with E-state index in [1.807, 2.05) is 0 Å². The number of nitrogens with two attached hydrogens (primary N) is 1. The van der Waals surface area contributed by atoms with Gasteiger partial charge in [0.1, 0.15) is 5.75 Å². The lowest BCUT2D eigenvalue weighted by atomic mass is 9.91. The summed E-state index contributed by atoms with van der Waals surface area (Å²) in [4.78, 5) is 12.2. The fourth-order valence-corrected chi connectivity index (χ4v) is 2.64. The quantitative estimate of drug-likeness (QED) is 0.859. The maximum absolute atomic E-state index is 12.2. The van der Waals surface area contributed by atoms with Crippen molar-refractivity contribution in [3.05, 3.63) is 29.8 Å². The standard InChI is InChI=1S/C16H21F3N2O3/c1-10(11-2-4-13(5-3-11)24-16(17,18)19)21-15(22)14(20)12-6-8-23-9-7-12/h2-5,10,12,14H,6-9,20H2,1H3,(H,21,22). The average Bonchev–Trinajstić information content (AvgIpc) is 2.54. The van der Waals surface area contributed by atoms with Crippen LogP contribution in [-0.2, 0) is 9.53 Å². The SMILES string of the molecule is CC(NC(=O)C(N)C1CCOCC1)c1ccc(OC(F)(F)F)cc1. The third-order valence-electron chi connectivity index (χ3n) is 4.05. The molecule has 2 atom stereocenters. The highest BCUT2D eigenvalue weighted by Crippen LogP contribution is 2.24.